The summed E-state index contributed by atoms with van der Waals surface area (Å²) in [6, 6.07) is 17.3. The summed E-state index contributed by atoms with van der Waals surface area (Å²) >= 11 is 0. The molecule has 0 unspecified atom stereocenters. The van der Waals surface area contributed by atoms with Crippen molar-refractivity contribution in [3.8, 4) is 16.9 Å². The van der Waals surface area contributed by atoms with Gasteiger partial charge in [0.15, 0.2) is 0 Å². The van der Waals surface area contributed by atoms with Gasteiger partial charge in [-0.15, -0.1) is 0 Å². The average molecular weight is 465 g/mol. The molecule has 0 saturated carbocycles. The predicted molar refractivity (Wildman–Crippen MR) is 133 cm³/mol. The minimum absolute atomic E-state index is 0.00818. The van der Waals surface area contributed by atoms with Crippen molar-refractivity contribution in [2.45, 2.75) is 52.4 Å². The summed E-state index contributed by atoms with van der Waals surface area (Å²) in [7, 11) is 0. The van der Waals surface area contributed by atoms with Gasteiger partial charge in [-0.3, -0.25) is 9.59 Å². The third kappa shape index (κ3) is 7.01. The Morgan fingerprint density at radius 3 is 2.35 bits per heavy atom. The summed E-state index contributed by atoms with van der Waals surface area (Å²) in [5.74, 6) is -0.203. The van der Waals surface area contributed by atoms with E-state index >= 15 is 0 Å². The molecule has 6 nitrogen and oxygen atoms in total. The van der Waals surface area contributed by atoms with Crippen molar-refractivity contribution in [1.29, 1.82) is 0 Å². The molecule has 0 aliphatic heterocycles. The number of halogens is 1. The lowest BCUT2D eigenvalue weighted by molar-refractivity contribution is -0.134. The third-order valence-electron chi connectivity index (χ3n) is 5.68. The number of unbranched alkanes of at least 4 members (excludes halogenated alkanes) is 4. The molecule has 0 atom stereocenters. The van der Waals surface area contributed by atoms with E-state index in [1.165, 1.54) is 18.6 Å². The highest BCUT2D eigenvalue weighted by Crippen LogP contribution is 2.25. The first-order valence-corrected chi connectivity index (χ1v) is 12.0. The molecular weight excluding hydrogens is 431 g/mol. The number of rotatable bonds is 12. The molecule has 7 heteroatoms. The number of hydrogen-bond donors (Lipinski definition) is 1. The van der Waals surface area contributed by atoms with Crippen molar-refractivity contribution < 1.29 is 14.0 Å². The molecule has 3 rings (SSSR count). The van der Waals surface area contributed by atoms with Gasteiger partial charge >= 0.3 is 0 Å². The molecule has 180 valence electrons. The molecule has 1 N–H and O–H groups in total. The van der Waals surface area contributed by atoms with Gasteiger partial charge in [-0.25, -0.2) is 9.07 Å². The van der Waals surface area contributed by atoms with Gasteiger partial charge in [-0.2, -0.15) is 5.10 Å². The number of aromatic nitrogens is 2. The highest BCUT2D eigenvalue weighted by Gasteiger charge is 2.18. The largest absolute Gasteiger partial charge is 0.334 e. The predicted octanol–water partition coefficient (Wildman–Crippen LogP) is 5.83. The van der Waals surface area contributed by atoms with Crippen LogP contribution in [0.1, 0.15) is 52.4 Å². The quantitative estimate of drug-likeness (QED) is 0.343. The van der Waals surface area contributed by atoms with E-state index in [1.807, 2.05) is 37.3 Å². The van der Waals surface area contributed by atoms with E-state index in [-0.39, 0.29) is 24.2 Å². The van der Waals surface area contributed by atoms with Crippen molar-refractivity contribution in [2.75, 3.05) is 18.4 Å². The molecule has 0 fully saturated rings. The van der Waals surface area contributed by atoms with E-state index in [1.54, 1.807) is 27.8 Å². The van der Waals surface area contributed by atoms with Crippen LogP contribution in [0.5, 0.6) is 0 Å². The van der Waals surface area contributed by atoms with E-state index in [9.17, 15) is 14.0 Å². The standard InChI is InChI=1S/C27H33FN4O2/c1-3-5-6-7-11-14-27(34)31(4-2)20-26(33)29-25-19-24(21-12-9-8-10-13-21)30-32(25)23-17-15-22(28)16-18-23/h8-10,12-13,15-19H,3-7,11,14,20H2,1-2H3,(H,29,33). The van der Waals surface area contributed by atoms with Gasteiger partial charge in [0.1, 0.15) is 11.6 Å². The molecule has 1 heterocycles. The number of carbonyl (C=O) groups excluding carboxylic acids is 2. The Morgan fingerprint density at radius 1 is 0.971 bits per heavy atom. The van der Waals surface area contributed by atoms with Crippen molar-refractivity contribution in [3.63, 3.8) is 0 Å². The SMILES string of the molecule is CCCCCCCC(=O)N(CC)CC(=O)Nc1cc(-c2ccccc2)nn1-c1ccc(F)cc1. The Morgan fingerprint density at radius 2 is 1.68 bits per heavy atom. The number of amides is 2. The Balaban J connectivity index is 1.72. The first-order valence-electron chi connectivity index (χ1n) is 12.0. The van der Waals surface area contributed by atoms with E-state index in [0.717, 1.165) is 31.2 Å². The van der Waals surface area contributed by atoms with Crippen LogP contribution in [0.15, 0.2) is 60.7 Å². The maximum atomic E-state index is 13.5. The zero-order valence-electron chi connectivity index (χ0n) is 20.0. The van der Waals surface area contributed by atoms with Crippen molar-refractivity contribution in [3.05, 3.63) is 66.5 Å². The Kier molecular flexibility index (Phi) is 9.38. The fourth-order valence-electron chi connectivity index (χ4n) is 3.77. The van der Waals surface area contributed by atoms with Gasteiger partial charge in [-0.05, 0) is 37.6 Å². The third-order valence-corrected chi connectivity index (χ3v) is 5.68. The van der Waals surface area contributed by atoms with Crippen LogP contribution in [-0.2, 0) is 9.59 Å². The highest BCUT2D eigenvalue weighted by molar-refractivity contribution is 5.94. The second kappa shape index (κ2) is 12.7. The monoisotopic (exact) mass is 464 g/mol. The van der Waals surface area contributed by atoms with E-state index in [0.29, 0.717) is 30.2 Å². The van der Waals surface area contributed by atoms with Gasteiger partial charge in [0.05, 0.1) is 17.9 Å². The Labute approximate surface area is 200 Å². The summed E-state index contributed by atoms with van der Waals surface area (Å²) in [4.78, 5) is 27.1. The lowest BCUT2D eigenvalue weighted by Crippen LogP contribution is -2.38. The van der Waals surface area contributed by atoms with E-state index < -0.39 is 0 Å². The maximum Gasteiger partial charge on any atom is 0.245 e. The van der Waals surface area contributed by atoms with Crippen LogP contribution in [0, 0.1) is 5.82 Å². The number of nitrogens with one attached hydrogen (secondary N) is 1. The number of carbonyl (C=O) groups is 2. The number of hydrogen-bond acceptors (Lipinski definition) is 3. The molecule has 0 spiro atoms. The van der Waals surface area contributed by atoms with Crippen LogP contribution in [0.25, 0.3) is 16.9 Å². The first kappa shape index (κ1) is 25.1. The summed E-state index contributed by atoms with van der Waals surface area (Å²) in [5.41, 5.74) is 2.19. The van der Waals surface area contributed by atoms with Crippen LogP contribution in [0.3, 0.4) is 0 Å². The van der Waals surface area contributed by atoms with Crippen LogP contribution in [0.4, 0.5) is 10.2 Å². The first-order chi connectivity index (χ1) is 16.5. The topological polar surface area (TPSA) is 67.2 Å². The molecule has 0 bridgehead atoms. The van der Waals surface area contributed by atoms with Crippen molar-refractivity contribution in [1.82, 2.24) is 14.7 Å². The fourth-order valence-corrected chi connectivity index (χ4v) is 3.77. The van der Waals surface area contributed by atoms with Crippen molar-refractivity contribution >= 4 is 17.6 Å². The molecule has 34 heavy (non-hydrogen) atoms. The normalized spacial score (nSPS) is 10.8. The lowest BCUT2D eigenvalue weighted by Gasteiger charge is -2.20. The Bertz CT molecular complexity index is 1060. The molecule has 3 aromatic rings. The maximum absolute atomic E-state index is 13.5. The second-order valence-electron chi connectivity index (χ2n) is 8.29. The zero-order chi connectivity index (χ0) is 24.3. The number of anilines is 1. The fraction of sp³-hybridized carbons (Fsp3) is 0.370. The number of benzene rings is 2. The summed E-state index contributed by atoms with van der Waals surface area (Å²) in [5, 5.41) is 7.52. The molecule has 0 aliphatic carbocycles. The smallest absolute Gasteiger partial charge is 0.245 e. The summed E-state index contributed by atoms with van der Waals surface area (Å²) < 4.78 is 15.0. The molecule has 0 radical (unpaired) electrons. The minimum atomic E-state index is -0.350. The van der Waals surface area contributed by atoms with Crippen LogP contribution >= 0.6 is 0 Å². The number of likely N-dealkylation sites (N-methyl/N-ethyl adjacent to an activating group) is 1. The van der Waals surface area contributed by atoms with Gasteiger partial charge < -0.3 is 10.2 Å². The van der Waals surface area contributed by atoms with Crippen LogP contribution < -0.4 is 5.32 Å². The lowest BCUT2D eigenvalue weighted by atomic mass is 10.1. The van der Waals surface area contributed by atoms with E-state index in [4.69, 9.17) is 0 Å². The van der Waals surface area contributed by atoms with Crippen molar-refractivity contribution in [2.24, 2.45) is 0 Å². The summed E-state index contributed by atoms with van der Waals surface area (Å²) in [6.45, 7) is 4.47. The van der Waals surface area contributed by atoms with E-state index in [2.05, 4.69) is 17.3 Å². The Hall–Kier alpha value is -3.48. The molecule has 0 aliphatic rings. The minimum Gasteiger partial charge on any atom is -0.334 e. The van der Waals surface area contributed by atoms with Crippen LogP contribution in [-0.4, -0.2) is 39.6 Å². The van der Waals surface area contributed by atoms with Gasteiger partial charge in [0.2, 0.25) is 11.8 Å². The van der Waals surface area contributed by atoms with Crippen LogP contribution in [0.2, 0.25) is 0 Å². The molecule has 2 amide bonds. The molecule has 2 aromatic carbocycles. The molecule has 0 saturated heterocycles. The van der Waals surface area contributed by atoms with Gasteiger partial charge in [0.25, 0.3) is 0 Å². The average Bonchev–Trinajstić information content (AvgIpc) is 3.26. The zero-order valence-corrected chi connectivity index (χ0v) is 20.0. The van der Waals surface area contributed by atoms with Gasteiger partial charge in [-0.1, -0.05) is 62.9 Å². The van der Waals surface area contributed by atoms with Gasteiger partial charge in [0, 0.05) is 24.6 Å². The molecule has 1 aromatic heterocycles. The summed E-state index contributed by atoms with van der Waals surface area (Å²) in [6.07, 6.45) is 5.80. The molecular formula is C27H33FN4O2. The highest BCUT2D eigenvalue weighted by atomic mass is 19.1. The number of nitrogens with zero attached hydrogens (tertiary/aromatic N) is 3. The second-order valence-corrected chi connectivity index (χ2v) is 8.29.